The molecule has 4 heteroatoms. The first-order valence-corrected chi connectivity index (χ1v) is 7.65. The fraction of sp³-hybridized carbons (Fsp3) is 0.867. The molecule has 0 saturated heterocycles. The standard InChI is InChI=1S/C15H27N3O/c1-4-13-6-5-8-15(19,9-7-13)10-14-16-11-17-18(14)12(2)3/h11-13,19H,4-10H2,1-3H3. The van der Waals surface area contributed by atoms with Crippen molar-refractivity contribution in [2.45, 2.75) is 77.4 Å². The van der Waals surface area contributed by atoms with Gasteiger partial charge in [-0.1, -0.05) is 26.2 Å². The molecule has 2 atom stereocenters. The van der Waals surface area contributed by atoms with Crippen LogP contribution in [-0.4, -0.2) is 25.5 Å². The number of rotatable bonds is 4. The van der Waals surface area contributed by atoms with Gasteiger partial charge in [0.05, 0.1) is 5.60 Å². The lowest BCUT2D eigenvalue weighted by Gasteiger charge is -2.26. The molecule has 0 aromatic carbocycles. The lowest BCUT2D eigenvalue weighted by molar-refractivity contribution is 0.0211. The van der Waals surface area contributed by atoms with Crippen molar-refractivity contribution in [1.29, 1.82) is 0 Å². The predicted molar refractivity (Wildman–Crippen MR) is 75.9 cm³/mol. The summed E-state index contributed by atoms with van der Waals surface area (Å²) < 4.78 is 1.93. The van der Waals surface area contributed by atoms with Crippen molar-refractivity contribution in [3.8, 4) is 0 Å². The van der Waals surface area contributed by atoms with Crippen LogP contribution < -0.4 is 0 Å². The van der Waals surface area contributed by atoms with Crippen LogP contribution in [0.5, 0.6) is 0 Å². The minimum Gasteiger partial charge on any atom is -0.389 e. The highest BCUT2D eigenvalue weighted by molar-refractivity contribution is 4.97. The van der Waals surface area contributed by atoms with Crippen LogP contribution in [0.1, 0.15) is 71.2 Å². The summed E-state index contributed by atoms with van der Waals surface area (Å²) >= 11 is 0. The summed E-state index contributed by atoms with van der Waals surface area (Å²) in [6.07, 6.45) is 8.80. The van der Waals surface area contributed by atoms with Crippen molar-refractivity contribution in [3.63, 3.8) is 0 Å². The maximum atomic E-state index is 10.9. The highest BCUT2D eigenvalue weighted by atomic mass is 16.3. The minimum atomic E-state index is -0.580. The molecule has 1 heterocycles. The molecule has 1 aromatic heterocycles. The van der Waals surface area contributed by atoms with Gasteiger partial charge in [-0.25, -0.2) is 9.67 Å². The van der Waals surface area contributed by atoms with E-state index in [0.717, 1.165) is 37.4 Å². The van der Waals surface area contributed by atoms with E-state index in [0.29, 0.717) is 12.5 Å². The third-order valence-corrected chi connectivity index (χ3v) is 4.47. The van der Waals surface area contributed by atoms with Gasteiger partial charge in [0.1, 0.15) is 12.2 Å². The molecule has 1 N–H and O–H groups in total. The van der Waals surface area contributed by atoms with E-state index in [9.17, 15) is 5.11 Å². The van der Waals surface area contributed by atoms with Gasteiger partial charge in [-0.15, -0.1) is 0 Å². The SMILES string of the molecule is CCC1CCCC(O)(Cc2ncnn2C(C)C)CC1. The molecule has 0 bridgehead atoms. The van der Waals surface area contributed by atoms with E-state index in [1.165, 1.54) is 12.8 Å². The molecule has 0 radical (unpaired) electrons. The second-order valence-corrected chi connectivity index (χ2v) is 6.32. The zero-order chi connectivity index (χ0) is 13.9. The fourth-order valence-electron chi connectivity index (χ4n) is 3.17. The fourth-order valence-corrected chi connectivity index (χ4v) is 3.17. The van der Waals surface area contributed by atoms with Crippen molar-refractivity contribution in [3.05, 3.63) is 12.2 Å². The lowest BCUT2D eigenvalue weighted by Crippen LogP contribution is -2.32. The molecule has 0 amide bonds. The van der Waals surface area contributed by atoms with Crippen molar-refractivity contribution in [1.82, 2.24) is 14.8 Å². The summed E-state index contributed by atoms with van der Waals surface area (Å²) in [6, 6.07) is 0.301. The van der Waals surface area contributed by atoms with E-state index in [4.69, 9.17) is 0 Å². The first-order valence-electron chi connectivity index (χ1n) is 7.65. The van der Waals surface area contributed by atoms with Crippen molar-refractivity contribution < 1.29 is 5.11 Å². The van der Waals surface area contributed by atoms with Crippen molar-refractivity contribution in [2.75, 3.05) is 0 Å². The Morgan fingerprint density at radius 3 is 2.89 bits per heavy atom. The average Bonchev–Trinajstić information content (AvgIpc) is 2.73. The van der Waals surface area contributed by atoms with E-state index >= 15 is 0 Å². The van der Waals surface area contributed by atoms with Gasteiger partial charge in [-0.3, -0.25) is 0 Å². The van der Waals surface area contributed by atoms with E-state index < -0.39 is 5.60 Å². The average molecular weight is 265 g/mol. The normalized spacial score (nSPS) is 28.6. The maximum absolute atomic E-state index is 10.9. The Hall–Kier alpha value is -0.900. The Morgan fingerprint density at radius 2 is 2.21 bits per heavy atom. The monoisotopic (exact) mass is 265 g/mol. The highest BCUT2D eigenvalue weighted by Gasteiger charge is 2.32. The summed E-state index contributed by atoms with van der Waals surface area (Å²) in [7, 11) is 0. The minimum absolute atomic E-state index is 0.301. The van der Waals surface area contributed by atoms with E-state index in [1.807, 2.05) is 4.68 Å². The zero-order valence-corrected chi connectivity index (χ0v) is 12.5. The predicted octanol–water partition coefficient (Wildman–Crippen LogP) is 3.12. The number of hydrogen-bond donors (Lipinski definition) is 1. The van der Waals surface area contributed by atoms with Crippen LogP contribution in [0, 0.1) is 5.92 Å². The van der Waals surface area contributed by atoms with E-state index in [1.54, 1.807) is 6.33 Å². The second kappa shape index (κ2) is 6.04. The summed E-state index contributed by atoms with van der Waals surface area (Å²) in [4.78, 5) is 4.34. The lowest BCUT2D eigenvalue weighted by atomic mass is 9.89. The number of aromatic nitrogens is 3. The Bertz CT molecular complexity index is 402. The molecule has 1 aliphatic carbocycles. The molecule has 1 aromatic rings. The summed E-state index contributed by atoms with van der Waals surface area (Å²) in [5.74, 6) is 1.71. The molecule has 0 spiro atoms. The molecule has 108 valence electrons. The van der Waals surface area contributed by atoms with Crippen LogP contribution in [0.25, 0.3) is 0 Å². The van der Waals surface area contributed by atoms with Crippen LogP contribution in [0.3, 0.4) is 0 Å². The highest BCUT2D eigenvalue weighted by Crippen LogP contribution is 2.34. The third-order valence-electron chi connectivity index (χ3n) is 4.47. The first-order chi connectivity index (χ1) is 9.04. The van der Waals surface area contributed by atoms with Crippen LogP contribution in [0.15, 0.2) is 6.33 Å². The summed E-state index contributed by atoms with van der Waals surface area (Å²) in [5.41, 5.74) is -0.580. The first kappa shape index (κ1) is 14.5. The van der Waals surface area contributed by atoms with Crippen LogP contribution in [0.4, 0.5) is 0 Å². The Morgan fingerprint density at radius 1 is 1.42 bits per heavy atom. The number of nitrogens with zero attached hydrogens (tertiary/aromatic N) is 3. The molecule has 0 aliphatic heterocycles. The van der Waals surface area contributed by atoms with Gasteiger partial charge in [0.15, 0.2) is 0 Å². The van der Waals surface area contributed by atoms with Gasteiger partial charge in [0, 0.05) is 12.5 Å². The largest absolute Gasteiger partial charge is 0.389 e. The second-order valence-electron chi connectivity index (χ2n) is 6.32. The van der Waals surface area contributed by atoms with Gasteiger partial charge < -0.3 is 5.11 Å². The van der Waals surface area contributed by atoms with E-state index in [-0.39, 0.29) is 0 Å². The van der Waals surface area contributed by atoms with Crippen molar-refractivity contribution in [2.24, 2.45) is 5.92 Å². The van der Waals surface area contributed by atoms with Crippen LogP contribution in [-0.2, 0) is 6.42 Å². The Labute approximate surface area is 116 Å². The Balaban J connectivity index is 2.06. The van der Waals surface area contributed by atoms with Crippen LogP contribution in [0.2, 0.25) is 0 Å². The molecular weight excluding hydrogens is 238 g/mol. The van der Waals surface area contributed by atoms with E-state index in [2.05, 4.69) is 30.9 Å². The quantitative estimate of drug-likeness (QED) is 0.851. The molecular formula is C15H27N3O. The van der Waals surface area contributed by atoms with Crippen LogP contribution >= 0.6 is 0 Å². The number of aliphatic hydroxyl groups is 1. The molecule has 19 heavy (non-hydrogen) atoms. The topological polar surface area (TPSA) is 50.9 Å². The van der Waals surface area contributed by atoms with Gasteiger partial charge in [0.2, 0.25) is 0 Å². The molecule has 2 rings (SSSR count). The Kier molecular flexibility index (Phi) is 4.61. The molecule has 2 unspecified atom stereocenters. The van der Waals surface area contributed by atoms with Gasteiger partial charge in [-0.05, 0) is 39.0 Å². The summed E-state index contributed by atoms with van der Waals surface area (Å²) in [6.45, 7) is 6.45. The molecule has 1 aliphatic rings. The van der Waals surface area contributed by atoms with Crippen molar-refractivity contribution >= 4 is 0 Å². The van der Waals surface area contributed by atoms with Gasteiger partial charge in [0.25, 0.3) is 0 Å². The van der Waals surface area contributed by atoms with Gasteiger partial charge in [-0.2, -0.15) is 5.10 Å². The number of hydrogen-bond acceptors (Lipinski definition) is 3. The molecule has 4 nitrogen and oxygen atoms in total. The molecule has 1 saturated carbocycles. The third kappa shape index (κ3) is 3.56. The maximum Gasteiger partial charge on any atom is 0.138 e. The molecule has 1 fully saturated rings. The summed E-state index contributed by atoms with van der Waals surface area (Å²) in [5, 5.41) is 15.1. The smallest absolute Gasteiger partial charge is 0.138 e. The van der Waals surface area contributed by atoms with Gasteiger partial charge >= 0.3 is 0 Å². The zero-order valence-electron chi connectivity index (χ0n) is 12.5.